The van der Waals surface area contributed by atoms with Crippen LogP contribution in [-0.4, -0.2) is 29.1 Å². The third-order valence-corrected chi connectivity index (χ3v) is 4.19. The van der Waals surface area contributed by atoms with Crippen molar-refractivity contribution in [2.45, 2.75) is 19.4 Å². The molecular weight excluding hydrogens is 290 g/mol. The number of hydrogen-bond donors (Lipinski definition) is 1. The molecule has 1 aliphatic rings. The Morgan fingerprint density at radius 1 is 1.13 bits per heavy atom. The fourth-order valence-electron chi connectivity index (χ4n) is 2.99. The average Bonchev–Trinajstić information content (AvgIpc) is 2.58. The molecule has 3 rings (SSSR count). The maximum absolute atomic E-state index is 11.2. The van der Waals surface area contributed by atoms with E-state index < -0.39 is 5.97 Å². The highest BCUT2D eigenvalue weighted by Gasteiger charge is 2.25. The van der Waals surface area contributed by atoms with Crippen molar-refractivity contribution < 1.29 is 14.6 Å². The number of carbonyl (C=O) groups is 1. The Labute approximate surface area is 136 Å². The minimum Gasteiger partial charge on any atom is -0.481 e. The number of likely N-dealkylation sites (tertiary alicyclic amines) is 1. The van der Waals surface area contributed by atoms with Crippen LogP contribution in [0.1, 0.15) is 18.4 Å². The largest absolute Gasteiger partial charge is 0.481 e. The number of benzene rings is 2. The standard InChI is InChI=1S/C19H21NO3/c21-19(22)16-8-6-12-20(14-16)13-15-7-4-5-11-18(15)23-17-9-2-1-3-10-17/h1-5,7,9-11,16H,6,8,12-14H2,(H,21,22). The number of ether oxygens (including phenoxy) is 1. The normalized spacial score (nSPS) is 18.5. The molecule has 0 aliphatic carbocycles. The average molecular weight is 311 g/mol. The van der Waals surface area contributed by atoms with Gasteiger partial charge >= 0.3 is 5.97 Å². The van der Waals surface area contributed by atoms with Gasteiger partial charge in [-0.2, -0.15) is 0 Å². The van der Waals surface area contributed by atoms with Gasteiger partial charge in [-0.25, -0.2) is 0 Å². The predicted octanol–water partition coefficient (Wildman–Crippen LogP) is 3.78. The SMILES string of the molecule is O=C(O)C1CCCN(Cc2ccccc2Oc2ccccc2)C1. The smallest absolute Gasteiger partial charge is 0.307 e. The number of aliphatic carboxylic acids is 1. The molecule has 1 N–H and O–H groups in total. The monoisotopic (exact) mass is 311 g/mol. The van der Waals surface area contributed by atoms with Crippen molar-refractivity contribution in [1.29, 1.82) is 0 Å². The number of piperidine rings is 1. The molecule has 0 amide bonds. The topological polar surface area (TPSA) is 49.8 Å². The molecule has 1 fully saturated rings. The second-order valence-corrected chi connectivity index (χ2v) is 5.94. The first-order valence-electron chi connectivity index (χ1n) is 7.98. The summed E-state index contributed by atoms with van der Waals surface area (Å²) >= 11 is 0. The van der Waals surface area contributed by atoms with E-state index in [0.29, 0.717) is 13.1 Å². The number of nitrogens with zero attached hydrogens (tertiary/aromatic N) is 1. The lowest BCUT2D eigenvalue weighted by atomic mass is 9.98. The van der Waals surface area contributed by atoms with Crippen molar-refractivity contribution in [3.05, 3.63) is 60.2 Å². The van der Waals surface area contributed by atoms with E-state index in [1.807, 2.05) is 54.6 Å². The molecule has 1 unspecified atom stereocenters. The van der Waals surface area contributed by atoms with Gasteiger partial charge < -0.3 is 9.84 Å². The first-order valence-corrected chi connectivity index (χ1v) is 7.98. The summed E-state index contributed by atoms with van der Waals surface area (Å²) in [5.41, 5.74) is 1.09. The highest BCUT2D eigenvalue weighted by atomic mass is 16.5. The van der Waals surface area contributed by atoms with Crippen molar-refractivity contribution in [3.63, 3.8) is 0 Å². The summed E-state index contributed by atoms with van der Waals surface area (Å²) < 4.78 is 5.98. The molecule has 23 heavy (non-hydrogen) atoms. The van der Waals surface area contributed by atoms with Gasteiger partial charge in [-0.3, -0.25) is 9.69 Å². The molecular formula is C19H21NO3. The molecule has 2 aromatic carbocycles. The van der Waals surface area contributed by atoms with Gasteiger partial charge in [0.25, 0.3) is 0 Å². The number of carboxylic acid groups (broad SMARTS) is 1. The number of carboxylic acids is 1. The quantitative estimate of drug-likeness (QED) is 0.913. The van der Waals surface area contributed by atoms with Crippen LogP contribution in [0, 0.1) is 5.92 Å². The summed E-state index contributed by atoms with van der Waals surface area (Å²) in [4.78, 5) is 13.4. The van der Waals surface area contributed by atoms with Gasteiger partial charge in [0, 0.05) is 18.7 Å². The minimum atomic E-state index is -0.691. The molecule has 1 aliphatic heterocycles. The Kier molecular flexibility index (Phi) is 4.93. The molecule has 1 heterocycles. The summed E-state index contributed by atoms with van der Waals surface area (Å²) in [5.74, 6) is 0.688. The van der Waals surface area contributed by atoms with Crippen LogP contribution in [0.25, 0.3) is 0 Å². The third-order valence-electron chi connectivity index (χ3n) is 4.19. The van der Waals surface area contributed by atoms with E-state index in [9.17, 15) is 9.90 Å². The lowest BCUT2D eigenvalue weighted by Crippen LogP contribution is -2.38. The van der Waals surface area contributed by atoms with Crippen molar-refractivity contribution in [3.8, 4) is 11.5 Å². The van der Waals surface area contributed by atoms with Crippen molar-refractivity contribution in [1.82, 2.24) is 4.90 Å². The van der Waals surface area contributed by atoms with E-state index >= 15 is 0 Å². The van der Waals surface area contributed by atoms with E-state index in [2.05, 4.69) is 4.90 Å². The lowest BCUT2D eigenvalue weighted by Gasteiger charge is -2.31. The van der Waals surface area contributed by atoms with Crippen LogP contribution >= 0.6 is 0 Å². The molecule has 2 aromatic rings. The Morgan fingerprint density at radius 2 is 1.87 bits per heavy atom. The van der Waals surface area contributed by atoms with Gasteiger partial charge in [0.15, 0.2) is 0 Å². The van der Waals surface area contributed by atoms with Crippen LogP contribution < -0.4 is 4.74 Å². The number of rotatable bonds is 5. The summed E-state index contributed by atoms with van der Waals surface area (Å²) in [6.45, 7) is 2.26. The zero-order valence-electron chi connectivity index (χ0n) is 13.0. The minimum absolute atomic E-state index is 0.258. The first kappa shape index (κ1) is 15.6. The Hall–Kier alpha value is -2.33. The molecule has 4 heteroatoms. The second-order valence-electron chi connectivity index (χ2n) is 5.94. The fraction of sp³-hybridized carbons (Fsp3) is 0.316. The third kappa shape index (κ3) is 4.11. The van der Waals surface area contributed by atoms with Crippen molar-refractivity contribution in [2.75, 3.05) is 13.1 Å². The number of hydrogen-bond acceptors (Lipinski definition) is 3. The zero-order chi connectivity index (χ0) is 16.1. The Balaban J connectivity index is 1.72. The van der Waals surface area contributed by atoms with Crippen LogP contribution in [0.2, 0.25) is 0 Å². The van der Waals surface area contributed by atoms with Crippen molar-refractivity contribution >= 4 is 5.97 Å². The maximum atomic E-state index is 11.2. The van der Waals surface area contributed by atoms with Crippen molar-refractivity contribution in [2.24, 2.45) is 5.92 Å². The molecule has 1 atom stereocenters. The highest BCUT2D eigenvalue weighted by Crippen LogP contribution is 2.27. The maximum Gasteiger partial charge on any atom is 0.307 e. The summed E-state index contributed by atoms with van der Waals surface area (Å²) in [5, 5.41) is 9.22. The van der Waals surface area contributed by atoms with E-state index in [0.717, 1.165) is 36.4 Å². The fourth-order valence-corrected chi connectivity index (χ4v) is 2.99. The van der Waals surface area contributed by atoms with E-state index in [-0.39, 0.29) is 5.92 Å². The molecule has 4 nitrogen and oxygen atoms in total. The van der Waals surface area contributed by atoms with E-state index in [1.54, 1.807) is 0 Å². The predicted molar refractivity (Wildman–Crippen MR) is 88.6 cm³/mol. The van der Waals surface area contributed by atoms with Gasteiger partial charge in [-0.05, 0) is 37.6 Å². The summed E-state index contributed by atoms with van der Waals surface area (Å²) in [7, 11) is 0. The molecule has 1 saturated heterocycles. The second kappa shape index (κ2) is 7.29. The molecule has 0 aromatic heterocycles. The molecule has 120 valence electrons. The first-order chi connectivity index (χ1) is 11.2. The van der Waals surface area contributed by atoms with Gasteiger partial charge in [0.1, 0.15) is 11.5 Å². The lowest BCUT2D eigenvalue weighted by molar-refractivity contribution is -0.143. The molecule has 0 spiro atoms. The van der Waals surface area contributed by atoms with Gasteiger partial charge in [-0.1, -0.05) is 36.4 Å². The molecule has 0 saturated carbocycles. The van der Waals surface area contributed by atoms with Gasteiger partial charge in [-0.15, -0.1) is 0 Å². The van der Waals surface area contributed by atoms with Crippen LogP contribution in [-0.2, 0) is 11.3 Å². The van der Waals surface area contributed by atoms with Gasteiger partial charge in [0.05, 0.1) is 5.92 Å². The number of para-hydroxylation sites is 2. The van der Waals surface area contributed by atoms with Gasteiger partial charge in [0.2, 0.25) is 0 Å². The molecule has 0 radical (unpaired) electrons. The Bertz CT molecular complexity index is 657. The van der Waals surface area contributed by atoms with E-state index in [1.165, 1.54) is 0 Å². The Morgan fingerprint density at radius 3 is 2.65 bits per heavy atom. The molecule has 0 bridgehead atoms. The van der Waals surface area contributed by atoms with Crippen LogP contribution in [0.3, 0.4) is 0 Å². The van der Waals surface area contributed by atoms with Crippen LogP contribution in [0.4, 0.5) is 0 Å². The summed E-state index contributed by atoms with van der Waals surface area (Å²) in [6.07, 6.45) is 1.70. The summed E-state index contributed by atoms with van der Waals surface area (Å²) in [6, 6.07) is 17.7. The highest BCUT2D eigenvalue weighted by molar-refractivity contribution is 5.70. The van der Waals surface area contributed by atoms with E-state index in [4.69, 9.17) is 4.74 Å². The zero-order valence-corrected chi connectivity index (χ0v) is 13.0. The van der Waals surface area contributed by atoms with Crippen LogP contribution in [0.5, 0.6) is 11.5 Å². The van der Waals surface area contributed by atoms with Crippen LogP contribution in [0.15, 0.2) is 54.6 Å².